The van der Waals surface area contributed by atoms with Crippen LogP contribution in [0, 0.1) is 0 Å². The molecular formula is C5H10N4S. The Morgan fingerprint density at radius 2 is 2.30 bits per heavy atom. The van der Waals surface area contributed by atoms with Crippen molar-refractivity contribution in [3.8, 4) is 0 Å². The molecule has 1 aromatic heterocycles. The zero-order valence-corrected chi connectivity index (χ0v) is 6.43. The maximum atomic E-state index is 5.45. The van der Waals surface area contributed by atoms with Gasteiger partial charge in [-0.3, -0.25) is 0 Å². The maximum Gasteiger partial charge on any atom is 0.168 e. The normalized spacial score (nSPS) is 10.1. The fourth-order valence-corrected chi connectivity index (χ4v) is 0.850. The highest BCUT2D eigenvalue weighted by atomic mass is 32.1. The topological polar surface area (TPSA) is 67.6 Å². The molecule has 0 bridgehead atoms. The van der Waals surface area contributed by atoms with Gasteiger partial charge in [0.25, 0.3) is 0 Å². The molecule has 1 heterocycles. The van der Waals surface area contributed by atoms with Crippen LogP contribution in [0.1, 0.15) is 12.1 Å². The van der Waals surface area contributed by atoms with E-state index in [1.54, 1.807) is 0 Å². The average Bonchev–Trinajstić information content (AvgIpc) is 2.31. The van der Waals surface area contributed by atoms with Crippen molar-refractivity contribution in [2.45, 2.75) is 12.8 Å². The summed E-state index contributed by atoms with van der Waals surface area (Å²) in [7, 11) is 0. The Kier molecular flexibility index (Phi) is 2.56. The number of hydrogen-bond acceptors (Lipinski definition) is 4. The highest BCUT2D eigenvalue weighted by Crippen LogP contribution is 2.05. The van der Waals surface area contributed by atoms with Gasteiger partial charge in [0.15, 0.2) is 5.82 Å². The first-order valence-corrected chi connectivity index (χ1v) is 3.74. The molecule has 1 rings (SSSR count). The average molecular weight is 158 g/mol. The predicted molar refractivity (Wildman–Crippen MR) is 43.0 cm³/mol. The summed E-state index contributed by atoms with van der Waals surface area (Å²) >= 11 is 4.07. The van der Waals surface area contributed by atoms with E-state index >= 15 is 0 Å². The molecular weight excluding hydrogens is 148 g/mol. The van der Waals surface area contributed by atoms with Crippen LogP contribution in [-0.4, -0.2) is 21.2 Å². The van der Waals surface area contributed by atoms with E-state index in [0.717, 1.165) is 24.3 Å². The second-order valence-electron chi connectivity index (χ2n) is 1.98. The van der Waals surface area contributed by atoms with Crippen molar-refractivity contribution < 1.29 is 0 Å². The number of thiol groups is 1. The van der Waals surface area contributed by atoms with Crippen LogP contribution in [0.15, 0.2) is 0 Å². The molecule has 0 aliphatic heterocycles. The summed E-state index contributed by atoms with van der Waals surface area (Å²) in [6.45, 7) is 0. The molecule has 0 saturated heterocycles. The van der Waals surface area contributed by atoms with Gasteiger partial charge in [0.2, 0.25) is 0 Å². The molecule has 0 unspecified atom stereocenters. The zero-order valence-electron chi connectivity index (χ0n) is 5.54. The Labute approximate surface area is 64.6 Å². The lowest BCUT2D eigenvalue weighted by Gasteiger charge is -1.91. The van der Waals surface area contributed by atoms with Crippen molar-refractivity contribution in [3.63, 3.8) is 0 Å². The van der Waals surface area contributed by atoms with Gasteiger partial charge in [-0.15, -0.1) is 5.10 Å². The van der Waals surface area contributed by atoms with E-state index in [1.165, 1.54) is 0 Å². The number of nitrogens with two attached hydrogens (primary N) is 1. The van der Waals surface area contributed by atoms with E-state index in [9.17, 15) is 0 Å². The predicted octanol–water partition coefficient (Wildman–Crippen LogP) is 0.249. The van der Waals surface area contributed by atoms with Crippen molar-refractivity contribution in [2.24, 2.45) is 0 Å². The largest absolute Gasteiger partial charge is 0.381 e. The standard InChI is InChI=1S/C5H10N4S/c6-5-4(2-1-3-10)7-9-8-5/h10H,1-3H2,(H3,6,7,8,9). The lowest BCUT2D eigenvalue weighted by Crippen LogP contribution is -1.93. The molecule has 3 N–H and O–H groups in total. The van der Waals surface area contributed by atoms with Crippen molar-refractivity contribution >= 4 is 18.4 Å². The third-order valence-electron chi connectivity index (χ3n) is 1.22. The van der Waals surface area contributed by atoms with Crippen LogP contribution in [0.25, 0.3) is 0 Å². The summed E-state index contributed by atoms with van der Waals surface area (Å²) < 4.78 is 0. The van der Waals surface area contributed by atoms with Crippen molar-refractivity contribution in [2.75, 3.05) is 11.5 Å². The van der Waals surface area contributed by atoms with Crippen LogP contribution in [0.5, 0.6) is 0 Å². The number of rotatable bonds is 3. The molecule has 0 fully saturated rings. The van der Waals surface area contributed by atoms with Crippen LogP contribution in [-0.2, 0) is 6.42 Å². The lowest BCUT2D eigenvalue weighted by molar-refractivity contribution is 0.860. The number of aromatic amines is 1. The van der Waals surface area contributed by atoms with E-state index < -0.39 is 0 Å². The summed E-state index contributed by atoms with van der Waals surface area (Å²) in [5.74, 6) is 1.36. The molecule has 4 nitrogen and oxygen atoms in total. The van der Waals surface area contributed by atoms with Crippen LogP contribution >= 0.6 is 12.6 Å². The van der Waals surface area contributed by atoms with Gasteiger partial charge in [-0.05, 0) is 18.6 Å². The molecule has 0 amide bonds. The van der Waals surface area contributed by atoms with Gasteiger partial charge in [0.05, 0.1) is 0 Å². The monoisotopic (exact) mass is 158 g/mol. The van der Waals surface area contributed by atoms with Gasteiger partial charge in [-0.25, -0.2) is 0 Å². The van der Waals surface area contributed by atoms with E-state index in [2.05, 4.69) is 28.0 Å². The number of anilines is 1. The summed E-state index contributed by atoms with van der Waals surface area (Å²) in [5, 5.41) is 10.0. The minimum atomic E-state index is 0.502. The Bertz CT molecular complexity index is 197. The smallest absolute Gasteiger partial charge is 0.168 e. The van der Waals surface area contributed by atoms with E-state index in [1.807, 2.05) is 0 Å². The minimum absolute atomic E-state index is 0.502. The van der Waals surface area contributed by atoms with E-state index in [0.29, 0.717) is 5.82 Å². The second-order valence-corrected chi connectivity index (χ2v) is 2.43. The summed E-state index contributed by atoms with van der Waals surface area (Å²) in [6.07, 6.45) is 1.84. The van der Waals surface area contributed by atoms with Crippen LogP contribution in [0.3, 0.4) is 0 Å². The molecule has 5 heteroatoms. The SMILES string of the molecule is Nc1n[nH]nc1CCCS. The van der Waals surface area contributed by atoms with Gasteiger partial charge < -0.3 is 5.73 Å². The van der Waals surface area contributed by atoms with Crippen LogP contribution in [0.4, 0.5) is 5.82 Å². The first-order chi connectivity index (χ1) is 4.84. The summed E-state index contributed by atoms with van der Waals surface area (Å²) in [6, 6.07) is 0. The molecule has 0 radical (unpaired) electrons. The number of nitrogen functional groups attached to an aromatic ring is 1. The van der Waals surface area contributed by atoms with Gasteiger partial charge in [0, 0.05) is 0 Å². The third-order valence-corrected chi connectivity index (χ3v) is 1.54. The Hall–Kier alpha value is -0.710. The number of nitrogens with one attached hydrogen (secondary N) is 1. The number of H-pyrrole nitrogens is 1. The van der Waals surface area contributed by atoms with Crippen molar-refractivity contribution in [1.82, 2.24) is 15.4 Å². The number of aromatic nitrogens is 3. The van der Waals surface area contributed by atoms with Gasteiger partial charge in [0.1, 0.15) is 5.69 Å². The summed E-state index contributed by atoms with van der Waals surface area (Å²) in [4.78, 5) is 0. The Morgan fingerprint density at radius 3 is 2.80 bits per heavy atom. The van der Waals surface area contributed by atoms with Gasteiger partial charge in [-0.2, -0.15) is 22.9 Å². The molecule has 0 atom stereocenters. The quantitative estimate of drug-likeness (QED) is 0.552. The molecule has 10 heavy (non-hydrogen) atoms. The molecule has 0 aliphatic carbocycles. The molecule has 56 valence electrons. The lowest BCUT2D eigenvalue weighted by atomic mass is 10.2. The molecule has 1 aromatic rings. The molecule has 0 spiro atoms. The summed E-state index contributed by atoms with van der Waals surface area (Å²) in [5.41, 5.74) is 6.29. The Balaban J connectivity index is 2.49. The highest BCUT2D eigenvalue weighted by molar-refractivity contribution is 7.80. The number of aryl methyl sites for hydroxylation is 1. The van der Waals surface area contributed by atoms with E-state index in [-0.39, 0.29) is 0 Å². The number of nitrogens with zero attached hydrogens (tertiary/aromatic N) is 2. The van der Waals surface area contributed by atoms with Crippen molar-refractivity contribution in [3.05, 3.63) is 5.69 Å². The van der Waals surface area contributed by atoms with Gasteiger partial charge in [-0.1, -0.05) is 0 Å². The highest BCUT2D eigenvalue weighted by Gasteiger charge is 2.00. The van der Waals surface area contributed by atoms with Crippen molar-refractivity contribution in [1.29, 1.82) is 0 Å². The fourth-order valence-electron chi connectivity index (χ4n) is 0.692. The van der Waals surface area contributed by atoms with E-state index in [4.69, 9.17) is 5.73 Å². The third kappa shape index (κ3) is 1.63. The zero-order chi connectivity index (χ0) is 7.40. The fraction of sp³-hybridized carbons (Fsp3) is 0.600. The molecule has 0 aliphatic rings. The molecule has 0 saturated carbocycles. The first kappa shape index (κ1) is 7.40. The first-order valence-electron chi connectivity index (χ1n) is 3.10. The van der Waals surface area contributed by atoms with Crippen LogP contribution < -0.4 is 5.73 Å². The molecule has 0 aromatic carbocycles. The Morgan fingerprint density at radius 1 is 1.50 bits per heavy atom. The number of hydrogen-bond donors (Lipinski definition) is 3. The minimum Gasteiger partial charge on any atom is -0.381 e. The maximum absolute atomic E-state index is 5.45. The van der Waals surface area contributed by atoms with Crippen LogP contribution in [0.2, 0.25) is 0 Å². The van der Waals surface area contributed by atoms with Gasteiger partial charge >= 0.3 is 0 Å². The second kappa shape index (κ2) is 3.46.